The maximum atomic E-state index is 12.5. The lowest BCUT2D eigenvalue weighted by Gasteiger charge is -2.19. The monoisotopic (exact) mass is 286 g/mol. The first-order valence-electron chi connectivity index (χ1n) is 6.76. The summed E-state index contributed by atoms with van der Waals surface area (Å²) in [5.74, 6) is 0.865. The van der Waals surface area contributed by atoms with E-state index in [2.05, 4.69) is 0 Å². The topological polar surface area (TPSA) is 26.3 Å². The van der Waals surface area contributed by atoms with Crippen LogP contribution in [0.4, 0.5) is 0 Å². The molecular weight excluding hydrogens is 272 g/mol. The first-order valence-corrected chi connectivity index (χ1v) is 7.14. The zero-order chi connectivity index (χ0) is 13.9. The molecule has 0 bridgehead atoms. The molecule has 102 valence electrons. The van der Waals surface area contributed by atoms with Crippen LogP contribution in [-0.4, -0.2) is 12.4 Å². The van der Waals surface area contributed by atoms with Crippen LogP contribution in [0.15, 0.2) is 42.5 Å². The van der Waals surface area contributed by atoms with Gasteiger partial charge in [0.2, 0.25) is 0 Å². The van der Waals surface area contributed by atoms with Gasteiger partial charge in [0.1, 0.15) is 5.75 Å². The highest BCUT2D eigenvalue weighted by Crippen LogP contribution is 2.29. The number of Topliss-reactive ketones (excluding diaryl/α,β-unsaturated/α-hetero) is 1. The van der Waals surface area contributed by atoms with Crippen LogP contribution in [0.25, 0.3) is 0 Å². The third kappa shape index (κ3) is 2.70. The van der Waals surface area contributed by atoms with Crippen molar-refractivity contribution in [2.45, 2.75) is 19.3 Å². The summed E-state index contributed by atoms with van der Waals surface area (Å²) in [5.41, 5.74) is 2.79. The first kappa shape index (κ1) is 13.2. The highest BCUT2D eigenvalue weighted by atomic mass is 35.5. The Hall–Kier alpha value is -1.80. The van der Waals surface area contributed by atoms with Crippen molar-refractivity contribution in [2.75, 3.05) is 6.61 Å². The van der Waals surface area contributed by atoms with Crippen molar-refractivity contribution >= 4 is 17.4 Å². The summed E-state index contributed by atoms with van der Waals surface area (Å²) >= 11 is 5.86. The Bertz CT molecular complexity index is 632. The minimum absolute atomic E-state index is 0.0890. The number of hydrogen-bond donors (Lipinski definition) is 0. The summed E-state index contributed by atoms with van der Waals surface area (Å²) < 4.78 is 5.69. The SMILES string of the molecule is O=C(Cc1ccc(Cl)cc1)c1cccc2c1OCCC2. The minimum atomic E-state index is 0.0890. The zero-order valence-electron chi connectivity index (χ0n) is 11.1. The molecule has 0 N–H and O–H groups in total. The molecule has 0 atom stereocenters. The Morgan fingerprint density at radius 2 is 1.95 bits per heavy atom. The number of halogens is 1. The van der Waals surface area contributed by atoms with Gasteiger partial charge in [0.05, 0.1) is 12.2 Å². The van der Waals surface area contributed by atoms with Crippen LogP contribution in [0.5, 0.6) is 5.75 Å². The van der Waals surface area contributed by atoms with Gasteiger partial charge in [-0.2, -0.15) is 0 Å². The molecular formula is C17H15ClO2. The number of fused-ring (bicyclic) bond motifs is 1. The van der Waals surface area contributed by atoms with E-state index in [9.17, 15) is 4.79 Å². The number of aryl methyl sites for hydroxylation is 1. The predicted molar refractivity (Wildman–Crippen MR) is 79.7 cm³/mol. The molecule has 0 aliphatic carbocycles. The smallest absolute Gasteiger partial charge is 0.170 e. The van der Waals surface area contributed by atoms with E-state index < -0.39 is 0 Å². The fraction of sp³-hybridized carbons (Fsp3) is 0.235. The Kier molecular flexibility index (Phi) is 3.75. The molecule has 2 aromatic carbocycles. The molecule has 2 nitrogen and oxygen atoms in total. The summed E-state index contributed by atoms with van der Waals surface area (Å²) in [6.07, 6.45) is 2.37. The fourth-order valence-corrected chi connectivity index (χ4v) is 2.62. The molecule has 0 saturated heterocycles. The summed E-state index contributed by atoms with van der Waals surface area (Å²) in [4.78, 5) is 12.5. The largest absolute Gasteiger partial charge is 0.493 e. The van der Waals surface area contributed by atoms with E-state index in [-0.39, 0.29) is 5.78 Å². The van der Waals surface area contributed by atoms with Crippen molar-refractivity contribution in [3.05, 3.63) is 64.2 Å². The maximum Gasteiger partial charge on any atom is 0.170 e. The Labute approximate surface area is 123 Å². The lowest BCUT2D eigenvalue weighted by Crippen LogP contribution is -2.14. The van der Waals surface area contributed by atoms with Gasteiger partial charge < -0.3 is 4.74 Å². The number of ketones is 1. The summed E-state index contributed by atoms with van der Waals surface area (Å²) in [6.45, 7) is 0.693. The third-order valence-corrected chi connectivity index (χ3v) is 3.76. The van der Waals surface area contributed by atoms with Crippen molar-refractivity contribution in [1.82, 2.24) is 0 Å². The highest BCUT2D eigenvalue weighted by Gasteiger charge is 2.19. The van der Waals surface area contributed by atoms with E-state index >= 15 is 0 Å². The molecule has 0 spiro atoms. The van der Waals surface area contributed by atoms with E-state index in [1.54, 1.807) is 12.1 Å². The van der Waals surface area contributed by atoms with Crippen LogP contribution in [0, 0.1) is 0 Å². The van der Waals surface area contributed by atoms with Crippen LogP contribution < -0.4 is 4.74 Å². The summed E-state index contributed by atoms with van der Waals surface area (Å²) in [7, 11) is 0. The molecule has 2 aromatic rings. The molecule has 0 amide bonds. The van der Waals surface area contributed by atoms with Crippen LogP contribution in [0.2, 0.25) is 5.02 Å². The molecule has 0 unspecified atom stereocenters. The van der Waals surface area contributed by atoms with Gasteiger partial charge in [-0.3, -0.25) is 4.79 Å². The number of carbonyl (C=O) groups is 1. The van der Waals surface area contributed by atoms with Crippen LogP contribution in [0.3, 0.4) is 0 Å². The van der Waals surface area contributed by atoms with Crippen molar-refractivity contribution in [3.8, 4) is 5.75 Å². The van der Waals surface area contributed by atoms with Crippen molar-refractivity contribution < 1.29 is 9.53 Å². The van der Waals surface area contributed by atoms with E-state index in [4.69, 9.17) is 16.3 Å². The van der Waals surface area contributed by atoms with Gasteiger partial charge in [0.25, 0.3) is 0 Å². The standard InChI is InChI=1S/C17H15ClO2/c18-14-8-6-12(7-9-14)11-16(19)15-5-1-3-13-4-2-10-20-17(13)15/h1,3,5-9H,2,4,10-11H2. The van der Waals surface area contributed by atoms with Crippen molar-refractivity contribution in [1.29, 1.82) is 0 Å². The Morgan fingerprint density at radius 1 is 1.15 bits per heavy atom. The van der Waals surface area contributed by atoms with Crippen molar-refractivity contribution in [2.24, 2.45) is 0 Å². The molecule has 3 heteroatoms. The second-order valence-corrected chi connectivity index (χ2v) is 5.41. The van der Waals surface area contributed by atoms with Gasteiger partial charge in [-0.15, -0.1) is 0 Å². The highest BCUT2D eigenvalue weighted by molar-refractivity contribution is 6.30. The van der Waals surface area contributed by atoms with Gasteiger partial charge in [-0.1, -0.05) is 35.9 Å². The maximum absolute atomic E-state index is 12.5. The number of para-hydroxylation sites is 1. The summed E-state index contributed by atoms with van der Waals surface area (Å²) in [6, 6.07) is 13.2. The van der Waals surface area contributed by atoms with Gasteiger partial charge in [0, 0.05) is 11.4 Å². The minimum Gasteiger partial charge on any atom is -0.493 e. The molecule has 3 rings (SSSR count). The number of ether oxygens (including phenoxy) is 1. The van der Waals surface area contributed by atoms with Gasteiger partial charge in [-0.05, 0) is 42.2 Å². The third-order valence-electron chi connectivity index (χ3n) is 3.51. The Morgan fingerprint density at radius 3 is 2.75 bits per heavy atom. The molecule has 1 aliphatic heterocycles. The van der Waals surface area contributed by atoms with Crippen LogP contribution in [-0.2, 0) is 12.8 Å². The van der Waals surface area contributed by atoms with E-state index in [0.29, 0.717) is 23.6 Å². The first-order chi connectivity index (χ1) is 9.74. The zero-order valence-corrected chi connectivity index (χ0v) is 11.8. The molecule has 0 radical (unpaired) electrons. The van der Waals surface area contributed by atoms with E-state index in [1.807, 2.05) is 30.3 Å². The number of hydrogen-bond acceptors (Lipinski definition) is 2. The van der Waals surface area contributed by atoms with Gasteiger partial charge in [0.15, 0.2) is 5.78 Å². The molecule has 0 fully saturated rings. The molecule has 0 aromatic heterocycles. The Balaban J connectivity index is 1.85. The molecule has 1 heterocycles. The number of rotatable bonds is 3. The second-order valence-electron chi connectivity index (χ2n) is 4.97. The average Bonchev–Trinajstić information content (AvgIpc) is 2.49. The van der Waals surface area contributed by atoms with Crippen molar-refractivity contribution in [3.63, 3.8) is 0 Å². The van der Waals surface area contributed by atoms with E-state index in [0.717, 1.165) is 29.7 Å². The van der Waals surface area contributed by atoms with Crippen LogP contribution in [0.1, 0.15) is 27.9 Å². The lowest BCUT2D eigenvalue weighted by molar-refractivity contribution is 0.0988. The number of benzene rings is 2. The van der Waals surface area contributed by atoms with E-state index in [1.165, 1.54) is 0 Å². The van der Waals surface area contributed by atoms with Gasteiger partial charge >= 0.3 is 0 Å². The quantitative estimate of drug-likeness (QED) is 0.795. The average molecular weight is 287 g/mol. The number of carbonyl (C=O) groups excluding carboxylic acids is 1. The van der Waals surface area contributed by atoms with Crippen LogP contribution >= 0.6 is 11.6 Å². The normalized spacial score (nSPS) is 13.4. The second kappa shape index (κ2) is 5.68. The molecule has 20 heavy (non-hydrogen) atoms. The molecule has 1 aliphatic rings. The summed E-state index contributed by atoms with van der Waals surface area (Å²) in [5, 5.41) is 0.682. The predicted octanol–water partition coefficient (Wildman–Crippen LogP) is 4.09. The van der Waals surface area contributed by atoms with Gasteiger partial charge in [-0.25, -0.2) is 0 Å². The molecule has 0 saturated carbocycles. The lowest BCUT2D eigenvalue weighted by atomic mass is 9.97. The fourth-order valence-electron chi connectivity index (χ4n) is 2.49.